The highest BCUT2D eigenvalue weighted by atomic mass is 32.2. The van der Waals surface area contributed by atoms with Gasteiger partial charge in [0.15, 0.2) is 11.2 Å². The van der Waals surface area contributed by atoms with Gasteiger partial charge in [-0.3, -0.25) is 9.35 Å². The van der Waals surface area contributed by atoms with Crippen molar-refractivity contribution < 1.29 is 13.0 Å². The van der Waals surface area contributed by atoms with Gasteiger partial charge in [-0.15, -0.1) is 3.97 Å². The van der Waals surface area contributed by atoms with Gasteiger partial charge in [-0.1, -0.05) is 18.2 Å². The Balaban J connectivity index is 2.60. The van der Waals surface area contributed by atoms with E-state index >= 15 is 0 Å². The van der Waals surface area contributed by atoms with Crippen molar-refractivity contribution in [2.45, 2.75) is 0 Å². The highest BCUT2D eigenvalue weighted by Crippen LogP contribution is 2.10. The molecule has 0 atom stereocenters. The van der Waals surface area contributed by atoms with E-state index in [1.165, 1.54) is 12.1 Å². The fourth-order valence-electron chi connectivity index (χ4n) is 2.00. The van der Waals surface area contributed by atoms with E-state index in [2.05, 4.69) is 9.97 Å². The highest BCUT2D eigenvalue weighted by molar-refractivity contribution is 7.84. The van der Waals surface area contributed by atoms with Crippen LogP contribution in [0.2, 0.25) is 0 Å². The van der Waals surface area contributed by atoms with E-state index in [9.17, 15) is 18.0 Å². The Bertz CT molecular complexity index is 1050. The van der Waals surface area contributed by atoms with E-state index in [1.807, 2.05) is 0 Å². The lowest BCUT2D eigenvalue weighted by atomic mass is 10.3. The van der Waals surface area contributed by atoms with Crippen LogP contribution in [0.4, 0.5) is 0 Å². The molecule has 0 saturated heterocycles. The average Bonchev–Trinajstić information content (AvgIpc) is 2.88. The molecule has 0 unspecified atom stereocenters. The zero-order valence-electron chi connectivity index (χ0n) is 10.3. The molecule has 0 aliphatic heterocycles. The number of hydrogen-bond acceptors (Lipinski definition) is 5. The predicted molar refractivity (Wildman–Crippen MR) is 72.9 cm³/mol. The lowest BCUT2D eigenvalue weighted by molar-refractivity contribution is 0.467. The summed E-state index contributed by atoms with van der Waals surface area (Å²) in [5, 5.41) is 0. The van der Waals surface area contributed by atoms with Gasteiger partial charge in [-0.05, 0) is 12.1 Å². The molecule has 0 saturated carbocycles. The second-order valence-corrected chi connectivity index (χ2v) is 5.36. The third kappa shape index (κ3) is 1.97. The molecule has 0 aliphatic rings. The van der Waals surface area contributed by atoms with E-state index in [4.69, 9.17) is 4.55 Å². The van der Waals surface area contributed by atoms with Crippen LogP contribution in [0.1, 0.15) is 0 Å². The SMILES string of the molecule is O=c1c2[nH]cnc2n(-c2ccccc2)c(=O)n1S(=O)(=O)O. The molecule has 0 aliphatic carbocycles. The summed E-state index contributed by atoms with van der Waals surface area (Å²) in [6.07, 6.45) is 1.15. The smallest absolute Gasteiger partial charge is 0.339 e. The number of fused-ring (bicyclic) bond motifs is 1. The topological polar surface area (TPSA) is 127 Å². The molecule has 108 valence electrons. The zero-order valence-corrected chi connectivity index (χ0v) is 11.1. The van der Waals surface area contributed by atoms with Crippen molar-refractivity contribution in [1.82, 2.24) is 18.5 Å². The number of H-pyrrole nitrogens is 1. The van der Waals surface area contributed by atoms with Crippen LogP contribution in [0.5, 0.6) is 0 Å². The van der Waals surface area contributed by atoms with Gasteiger partial charge in [0.2, 0.25) is 0 Å². The number of benzene rings is 1. The Kier molecular flexibility index (Phi) is 2.78. The minimum atomic E-state index is -5.04. The molecule has 0 spiro atoms. The largest absolute Gasteiger partial charge is 0.370 e. The second-order valence-electron chi connectivity index (χ2n) is 4.10. The fourth-order valence-corrected chi connectivity index (χ4v) is 2.58. The number of nitrogens with one attached hydrogen (secondary N) is 1. The molecule has 3 rings (SSSR count). The van der Waals surface area contributed by atoms with Gasteiger partial charge >= 0.3 is 16.0 Å². The third-order valence-electron chi connectivity index (χ3n) is 2.84. The summed E-state index contributed by atoms with van der Waals surface area (Å²) in [4.78, 5) is 30.6. The average molecular weight is 308 g/mol. The summed E-state index contributed by atoms with van der Waals surface area (Å²) in [5.41, 5.74) is -2.36. The first-order valence-electron chi connectivity index (χ1n) is 5.66. The van der Waals surface area contributed by atoms with Gasteiger partial charge in [0, 0.05) is 0 Å². The van der Waals surface area contributed by atoms with Crippen molar-refractivity contribution in [2.75, 3.05) is 0 Å². The first-order chi connectivity index (χ1) is 9.91. The Hall–Kier alpha value is -2.72. The quantitative estimate of drug-likeness (QED) is 0.616. The number of rotatable bonds is 2. The number of nitrogens with zero attached hydrogens (tertiary/aromatic N) is 3. The van der Waals surface area contributed by atoms with Crippen LogP contribution in [0.25, 0.3) is 16.9 Å². The van der Waals surface area contributed by atoms with Gasteiger partial charge in [-0.25, -0.2) is 14.3 Å². The first kappa shape index (κ1) is 13.3. The van der Waals surface area contributed by atoms with E-state index in [1.54, 1.807) is 18.2 Å². The van der Waals surface area contributed by atoms with Crippen LogP contribution in [0.15, 0.2) is 46.2 Å². The maximum Gasteiger partial charge on any atom is 0.370 e. The molecule has 2 aromatic heterocycles. The monoisotopic (exact) mass is 308 g/mol. The van der Waals surface area contributed by atoms with E-state index < -0.39 is 21.6 Å². The molecule has 2 N–H and O–H groups in total. The predicted octanol–water partition coefficient (Wildman–Crippen LogP) is -0.474. The molecule has 21 heavy (non-hydrogen) atoms. The van der Waals surface area contributed by atoms with Gasteiger partial charge in [0.1, 0.15) is 0 Å². The van der Waals surface area contributed by atoms with Gasteiger partial charge < -0.3 is 4.98 Å². The van der Waals surface area contributed by atoms with Crippen molar-refractivity contribution >= 4 is 21.5 Å². The maximum absolute atomic E-state index is 12.3. The summed E-state index contributed by atoms with van der Waals surface area (Å²) in [6, 6.07) is 8.03. The van der Waals surface area contributed by atoms with Crippen LogP contribution in [0, 0.1) is 0 Å². The van der Waals surface area contributed by atoms with Crippen molar-refractivity contribution in [3.05, 3.63) is 57.5 Å². The number of aromatic amines is 1. The molecular formula is C11H8N4O5S. The van der Waals surface area contributed by atoms with Crippen LogP contribution < -0.4 is 11.2 Å². The van der Waals surface area contributed by atoms with Crippen LogP contribution >= 0.6 is 0 Å². The third-order valence-corrected chi connectivity index (χ3v) is 3.62. The molecule has 0 amide bonds. The molecule has 2 heterocycles. The summed E-state index contributed by atoms with van der Waals surface area (Å²) < 4.78 is 32.4. The molecule has 0 radical (unpaired) electrons. The summed E-state index contributed by atoms with van der Waals surface area (Å²) in [7, 11) is -5.04. The Morgan fingerprint density at radius 3 is 2.43 bits per heavy atom. The van der Waals surface area contributed by atoms with E-state index in [-0.39, 0.29) is 15.1 Å². The minimum absolute atomic E-state index is 0.0314. The van der Waals surface area contributed by atoms with Gasteiger partial charge in [0.05, 0.1) is 12.0 Å². The fraction of sp³-hybridized carbons (Fsp3) is 0. The lowest BCUT2D eigenvalue weighted by Gasteiger charge is -2.08. The number of imidazole rings is 1. The van der Waals surface area contributed by atoms with Crippen LogP contribution in [0.3, 0.4) is 0 Å². The normalized spacial score (nSPS) is 11.9. The molecule has 3 aromatic rings. The van der Waals surface area contributed by atoms with Crippen LogP contribution in [-0.2, 0) is 10.3 Å². The molecule has 9 nitrogen and oxygen atoms in total. The number of hydrogen-bond donors (Lipinski definition) is 2. The number of aromatic nitrogens is 4. The minimum Gasteiger partial charge on any atom is -0.339 e. The molecular weight excluding hydrogens is 300 g/mol. The standard InChI is InChI=1S/C11H8N4O5S/c16-10-8-9(13-6-12-8)14(7-4-2-1-3-5-7)11(17)15(10)21(18,19)20/h1-6H,(H,12,13)(H,18,19,20). The highest BCUT2D eigenvalue weighted by Gasteiger charge is 2.23. The second kappa shape index (κ2) is 4.40. The molecule has 0 fully saturated rings. The Labute approximate surface area is 117 Å². The zero-order chi connectivity index (χ0) is 15.2. The summed E-state index contributed by atoms with van der Waals surface area (Å²) in [5.74, 6) is 0. The molecule has 10 heteroatoms. The van der Waals surface area contributed by atoms with Crippen molar-refractivity contribution in [3.63, 3.8) is 0 Å². The van der Waals surface area contributed by atoms with Crippen molar-refractivity contribution in [3.8, 4) is 5.69 Å². The van der Waals surface area contributed by atoms with Gasteiger partial charge in [0.25, 0.3) is 5.56 Å². The van der Waals surface area contributed by atoms with E-state index in [0.29, 0.717) is 5.69 Å². The summed E-state index contributed by atoms with van der Waals surface area (Å²) in [6.45, 7) is 0. The van der Waals surface area contributed by atoms with E-state index in [0.717, 1.165) is 10.9 Å². The maximum atomic E-state index is 12.3. The Morgan fingerprint density at radius 2 is 1.81 bits per heavy atom. The van der Waals surface area contributed by atoms with Crippen molar-refractivity contribution in [2.24, 2.45) is 0 Å². The van der Waals surface area contributed by atoms with Crippen LogP contribution in [-0.4, -0.2) is 31.5 Å². The lowest BCUT2D eigenvalue weighted by Crippen LogP contribution is -2.43. The first-order valence-corrected chi connectivity index (χ1v) is 7.05. The van der Waals surface area contributed by atoms with Gasteiger partial charge in [-0.2, -0.15) is 8.42 Å². The molecule has 0 bridgehead atoms. The Morgan fingerprint density at radius 1 is 1.14 bits per heavy atom. The van der Waals surface area contributed by atoms with Crippen molar-refractivity contribution in [1.29, 1.82) is 0 Å². The summed E-state index contributed by atoms with van der Waals surface area (Å²) >= 11 is 0. The molecule has 1 aromatic carbocycles. The number of para-hydroxylation sites is 1.